The molecule has 1 aliphatic rings. The third kappa shape index (κ3) is 3.27. The molecule has 1 saturated carbocycles. The quantitative estimate of drug-likeness (QED) is 0.809. The van der Waals surface area contributed by atoms with Gasteiger partial charge in [0.1, 0.15) is 5.75 Å². The Hall–Kier alpha value is -1.99. The first-order valence-corrected chi connectivity index (χ1v) is 6.33. The van der Waals surface area contributed by atoms with Crippen LogP contribution < -0.4 is 15.8 Å². The molecule has 4 nitrogen and oxygen atoms in total. The fourth-order valence-corrected chi connectivity index (χ4v) is 1.95. The molecule has 1 amide bonds. The van der Waals surface area contributed by atoms with Gasteiger partial charge in [0.2, 0.25) is 5.91 Å². The number of nitrogens with one attached hydrogen (secondary N) is 1. The molecular weight excluding hydrogens is 240 g/mol. The molecule has 2 atom stereocenters. The number of methoxy groups -OCH3 is 1. The molecule has 0 spiro atoms. The summed E-state index contributed by atoms with van der Waals surface area (Å²) in [6, 6.07) is 5.45. The fraction of sp³-hybridized carbons (Fsp3) is 0.400. The summed E-state index contributed by atoms with van der Waals surface area (Å²) in [5, 5.41) is 2.91. The second kappa shape index (κ2) is 5.77. The maximum Gasteiger partial charge on any atom is 0.227 e. The molecule has 1 aliphatic carbocycles. The SMILES string of the molecule is COc1ccc(C#CCN)cc1NC(=O)C1CC1C. The lowest BCUT2D eigenvalue weighted by atomic mass is 10.1. The summed E-state index contributed by atoms with van der Waals surface area (Å²) in [7, 11) is 1.58. The van der Waals surface area contributed by atoms with Crippen LogP contribution in [0.1, 0.15) is 18.9 Å². The first-order chi connectivity index (χ1) is 9.15. The Bertz CT molecular complexity index is 543. The molecule has 2 rings (SSSR count). The van der Waals surface area contributed by atoms with E-state index in [4.69, 9.17) is 10.5 Å². The first-order valence-electron chi connectivity index (χ1n) is 6.33. The number of hydrogen-bond donors (Lipinski definition) is 2. The Balaban J connectivity index is 2.18. The Morgan fingerprint density at radius 3 is 2.89 bits per heavy atom. The number of nitrogens with two attached hydrogens (primary N) is 1. The van der Waals surface area contributed by atoms with Gasteiger partial charge >= 0.3 is 0 Å². The van der Waals surface area contributed by atoms with E-state index >= 15 is 0 Å². The highest BCUT2D eigenvalue weighted by atomic mass is 16.5. The second-order valence-corrected chi connectivity index (χ2v) is 4.73. The fourth-order valence-electron chi connectivity index (χ4n) is 1.95. The van der Waals surface area contributed by atoms with Crippen molar-refractivity contribution in [1.82, 2.24) is 0 Å². The van der Waals surface area contributed by atoms with E-state index in [1.807, 2.05) is 12.1 Å². The molecule has 19 heavy (non-hydrogen) atoms. The molecule has 0 radical (unpaired) electrons. The minimum absolute atomic E-state index is 0.0507. The molecule has 0 saturated heterocycles. The molecule has 2 unspecified atom stereocenters. The number of hydrogen-bond acceptors (Lipinski definition) is 3. The van der Waals surface area contributed by atoms with Crippen molar-refractivity contribution in [2.75, 3.05) is 19.0 Å². The Labute approximate surface area is 113 Å². The van der Waals surface area contributed by atoms with Crippen LogP contribution in [0, 0.1) is 23.7 Å². The average Bonchev–Trinajstić information content (AvgIpc) is 3.14. The van der Waals surface area contributed by atoms with Crippen molar-refractivity contribution in [2.24, 2.45) is 17.6 Å². The summed E-state index contributed by atoms with van der Waals surface area (Å²) in [6.07, 6.45) is 0.959. The van der Waals surface area contributed by atoms with Gasteiger partial charge in [-0.15, -0.1) is 0 Å². The number of benzene rings is 1. The molecule has 1 aromatic carbocycles. The second-order valence-electron chi connectivity index (χ2n) is 4.73. The lowest BCUT2D eigenvalue weighted by Crippen LogP contribution is -2.15. The summed E-state index contributed by atoms with van der Waals surface area (Å²) in [5.41, 5.74) is 6.82. The van der Waals surface area contributed by atoms with Crippen LogP contribution >= 0.6 is 0 Å². The van der Waals surface area contributed by atoms with Gasteiger partial charge in [0, 0.05) is 11.5 Å². The third-order valence-electron chi connectivity index (χ3n) is 3.24. The number of rotatable bonds is 3. The summed E-state index contributed by atoms with van der Waals surface area (Å²) >= 11 is 0. The van der Waals surface area contributed by atoms with Crippen molar-refractivity contribution >= 4 is 11.6 Å². The van der Waals surface area contributed by atoms with E-state index in [-0.39, 0.29) is 11.8 Å². The van der Waals surface area contributed by atoms with E-state index in [9.17, 15) is 4.79 Å². The monoisotopic (exact) mass is 258 g/mol. The number of ether oxygens (including phenoxy) is 1. The maximum atomic E-state index is 12.0. The van der Waals surface area contributed by atoms with E-state index in [1.165, 1.54) is 0 Å². The average molecular weight is 258 g/mol. The van der Waals surface area contributed by atoms with Crippen LogP contribution in [0.25, 0.3) is 0 Å². The van der Waals surface area contributed by atoms with Gasteiger partial charge in [0.25, 0.3) is 0 Å². The van der Waals surface area contributed by atoms with Crippen molar-refractivity contribution in [3.05, 3.63) is 23.8 Å². The van der Waals surface area contributed by atoms with Crippen LogP contribution in [0.5, 0.6) is 5.75 Å². The number of carbonyl (C=O) groups is 1. The zero-order valence-corrected chi connectivity index (χ0v) is 11.2. The predicted octanol–water partition coefficient (Wildman–Crippen LogP) is 1.60. The van der Waals surface area contributed by atoms with Crippen molar-refractivity contribution < 1.29 is 9.53 Å². The van der Waals surface area contributed by atoms with Gasteiger partial charge in [0.05, 0.1) is 19.3 Å². The Kier molecular flexibility index (Phi) is 4.08. The van der Waals surface area contributed by atoms with E-state index in [2.05, 4.69) is 24.1 Å². The van der Waals surface area contributed by atoms with Crippen molar-refractivity contribution in [3.63, 3.8) is 0 Å². The number of anilines is 1. The maximum absolute atomic E-state index is 12.0. The molecule has 0 aliphatic heterocycles. The summed E-state index contributed by atoms with van der Waals surface area (Å²) in [6.45, 7) is 2.39. The van der Waals surface area contributed by atoms with E-state index in [0.717, 1.165) is 12.0 Å². The third-order valence-corrected chi connectivity index (χ3v) is 3.24. The first kappa shape index (κ1) is 13.4. The smallest absolute Gasteiger partial charge is 0.227 e. The number of carbonyl (C=O) groups excluding carboxylic acids is 1. The summed E-state index contributed by atoms with van der Waals surface area (Å²) in [4.78, 5) is 12.0. The van der Waals surface area contributed by atoms with Crippen LogP contribution in [-0.4, -0.2) is 19.6 Å². The molecule has 3 N–H and O–H groups in total. The molecule has 4 heteroatoms. The van der Waals surface area contributed by atoms with Crippen molar-refractivity contribution in [2.45, 2.75) is 13.3 Å². The van der Waals surface area contributed by atoms with Crippen LogP contribution in [0.15, 0.2) is 18.2 Å². The Morgan fingerprint density at radius 2 is 2.32 bits per heavy atom. The summed E-state index contributed by atoms with van der Waals surface area (Å²) in [5.74, 6) is 7.03. The highest BCUT2D eigenvalue weighted by molar-refractivity contribution is 5.95. The van der Waals surface area contributed by atoms with Crippen LogP contribution in [0.4, 0.5) is 5.69 Å². The molecule has 1 fully saturated rings. The zero-order chi connectivity index (χ0) is 13.8. The van der Waals surface area contributed by atoms with Gasteiger partial charge in [-0.3, -0.25) is 4.79 Å². The van der Waals surface area contributed by atoms with Crippen LogP contribution in [-0.2, 0) is 4.79 Å². The van der Waals surface area contributed by atoms with Crippen molar-refractivity contribution in [1.29, 1.82) is 0 Å². The zero-order valence-electron chi connectivity index (χ0n) is 11.2. The largest absolute Gasteiger partial charge is 0.495 e. The normalized spacial score (nSPS) is 20.2. The minimum Gasteiger partial charge on any atom is -0.495 e. The van der Waals surface area contributed by atoms with Gasteiger partial charge in [-0.25, -0.2) is 0 Å². The van der Waals surface area contributed by atoms with Crippen LogP contribution in [0.2, 0.25) is 0 Å². The lowest BCUT2D eigenvalue weighted by molar-refractivity contribution is -0.117. The molecule has 1 aromatic rings. The van der Waals surface area contributed by atoms with Gasteiger partial charge in [-0.2, -0.15) is 0 Å². The molecular formula is C15H18N2O2. The predicted molar refractivity (Wildman–Crippen MR) is 74.8 cm³/mol. The highest BCUT2D eigenvalue weighted by Gasteiger charge is 2.39. The van der Waals surface area contributed by atoms with Gasteiger partial charge < -0.3 is 15.8 Å². The molecule has 0 aromatic heterocycles. The van der Waals surface area contributed by atoms with Crippen LogP contribution in [0.3, 0.4) is 0 Å². The minimum atomic E-state index is 0.0507. The number of amides is 1. The van der Waals surface area contributed by atoms with Gasteiger partial charge in [0.15, 0.2) is 0 Å². The topological polar surface area (TPSA) is 64.3 Å². The lowest BCUT2D eigenvalue weighted by Gasteiger charge is -2.10. The van der Waals surface area contributed by atoms with Gasteiger partial charge in [-0.1, -0.05) is 18.8 Å². The molecule has 0 heterocycles. The molecule has 100 valence electrons. The summed E-state index contributed by atoms with van der Waals surface area (Å²) < 4.78 is 5.25. The van der Waals surface area contributed by atoms with Gasteiger partial charge in [-0.05, 0) is 30.5 Å². The van der Waals surface area contributed by atoms with E-state index in [0.29, 0.717) is 23.9 Å². The molecule has 0 bridgehead atoms. The highest BCUT2D eigenvalue weighted by Crippen LogP contribution is 2.39. The van der Waals surface area contributed by atoms with E-state index < -0.39 is 0 Å². The Morgan fingerprint density at radius 1 is 1.58 bits per heavy atom. The van der Waals surface area contributed by atoms with E-state index in [1.54, 1.807) is 13.2 Å². The standard InChI is InChI=1S/C15H18N2O2/c1-10-8-12(10)15(18)17-13-9-11(4-3-7-16)5-6-14(13)19-2/h5-6,9-10,12H,7-8,16H2,1-2H3,(H,17,18). The van der Waals surface area contributed by atoms with Crippen molar-refractivity contribution in [3.8, 4) is 17.6 Å².